The van der Waals surface area contributed by atoms with Crippen LogP contribution in [0.25, 0.3) is 77.2 Å². The van der Waals surface area contributed by atoms with Crippen LogP contribution < -0.4 is 9.47 Å². The Labute approximate surface area is 528 Å². The molecule has 0 unspecified atom stereocenters. The molecule has 6 nitrogen and oxygen atoms in total. The molecule has 10 rings (SSSR count). The highest BCUT2D eigenvalue weighted by molar-refractivity contribution is 6.11. The minimum atomic E-state index is -0.445. The maximum atomic E-state index is 16.2. The first-order chi connectivity index (χ1) is 41.2. The number of para-hydroxylation sites is 1. The van der Waals surface area contributed by atoms with Crippen molar-refractivity contribution in [1.82, 2.24) is 9.13 Å². The van der Waals surface area contributed by atoms with Crippen molar-refractivity contribution in [1.29, 1.82) is 0 Å². The van der Waals surface area contributed by atoms with E-state index in [2.05, 4.69) is 220 Å². The second-order valence-corrected chi connectivity index (χ2v) is 32.4. The summed E-state index contributed by atoms with van der Waals surface area (Å²) in [6.45, 7) is 46.4. The average Bonchev–Trinajstić information content (AvgIpc) is 1.66. The molecule has 10 aromatic rings. The summed E-state index contributed by atoms with van der Waals surface area (Å²) in [7, 11) is 0. The molecule has 89 heavy (non-hydrogen) atoms. The summed E-state index contributed by atoms with van der Waals surface area (Å²) in [5.41, 5.74) is 12.3. The van der Waals surface area contributed by atoms with Crippen molar-refractivity contribution < 1.29 is 28.5 Å². The topological polar surface area (TPSA) is 68.8 Å². The molecule has 468 valence electrons. The summed E-state index contributed by atoms with van der Waals surface area (Å²) in [5, 5.41) is 30.5. The van der Waals surface area contributed by atoms with Crippen LogP contribution in [0.2, 0.25) is 0 Å². The number of phenolic OH excluding ortho intramolecular Hbond substituents is 2. The first-order valence-corrected chi connectivity index (χ1v) is 32.0. The number of nitrogens with zero attached hydrogens (tertiary/aromatic N) is 2. The van der Waals surface area contributed by atoms with Gasteiger partial charge in [0, 0.05) is 50.2 Å². The Hall–Kier alpha value is -7.58. The Kier molecular flexibility index (Phi) is 16.4. The minimum absolute atomic E-state index is 0.0151. The second kappa shape index (κ2) is 22.7. The Morgan fingerprint density at radius 3 is 1.06 bits per heavy atom. The zero-order valence-corrected chi connectivity index (χ0v) is 57.0. The molecule has 0 radical (unpaired) electrons. The highest BCUT2D eigenvalue weighted by atomic mass is 19.1. The quantitative estimate of drug-likeness (QED) is 0.106. The van der Waals surface area contributed by atoms with E-state index in [0.717, 1.165) is 67.6 Å². The lowest BCUT2D eigenvalue weighted by molar-refractivity contribution is 0.246. The van der Waals surface area contributed by atoms with E-state index in [1.165, 1.54) is 41.0 Å². The maximum Gasteiger partial charge on any atom is 0.147 e. The second-order valence-electron chi connectivity index (χ2n) is 32.4. The fraction of sp³-hybridized carbons (Fsp3) is 0.407. The van der Waals surface area contributed by atoms with Gasteiger partial charge < -0.3 is 28.8 Å². The van der Waals surface area contributed by atoms with E-state index >= 15 is 8.78 Å². The van der Waals surface area contributed by atoms with Gasteiger partial charge in [-0.1, -0.05) is 186 Å². The average molecular weight is 1200 g/mol. The normalized spacial score (nSPS) is 13.2. The van der Waals surface area contributed by atoms with Gasteiger partial charge in [-0.05, 0) is 176 Å². The van der Waals surface area contributed by atoms with Gasteiger partial charge in [0.25, 0.3) is 0 Å². The van der Waals surface area contributed by atoms with Crippen LogP contribution in [-0.2, 0) is 27.1 Å². The lowest BCUT2D eigenvalue weighted by atomic mass is 9.71. The first-order valence-electron chi connectivity index (χ1n) is 32.0. The Balaban J connectivity index is 1.06. The first kappa shape index (κ1) is 64.4. The van der Waals surface area contributed by atoms with Gasteiger partial charge in [0.15, 0.2) is 0 Å². The summed E-state index contributed by atoms with van der Waals surface area (Å²) in [6.07, 6.45) is 2.07. The van der Waals surface area contributed by atoms with Crippen LogP contribution in [0.3, 0.4) is 0 Å². The molecule has 0 bridgehead atoms. The monoisotopic (exact) mass is 1200 g/mol. The SMILES string of the molecule is Cc1cc(F)cc(-c2cc(C(C)(C)CC(C)(C)C)cc(-n3c4ccccc4c4ccc(C(C)(C)C)cc43)c2O)c1OCCCOc1c(C)cc(F)cc1-c1cc(C(C)(C)CC(C)(C)C)cc(-n2c3cc(C(C)(C)C)ccc3c3ccc(C(C)(C)C)cc32)c1O. The largest absolute Gasteiger partial charge is 0.505 e. The van der Waals surface area contributed by atoms with Crippen molar-refractivity contribution in [2.45, 2.75) is 192 Å². The van der Waals surface area contributed by atoms with Crippen molar-refractivity contribution in [2.75, 3.05) is 13.2 Å². The van der Waals surface area contributed by atoms with Gasteiger partial charge in [-0.2, -0.15) is 0 Å². The molecular weight excluding hydrogens is 1100 g/mol. The number of benzene rings is 8. The van der Waals surface area contributed by atoms with Gasteiger partial charge in [0.05, 0.1) is 46.7 Å². The number of phenols is 2. The van der Waals surface area contributed by atoms with Crippen molar-refractivity contribution in [3.63, 3.8) is 0 Å². The lowest BCUT2D eigenvalue weighted by Gasteiger charge is -2.34. The van der Waals surface area contributed by atoms with Gasteiger partial charge in [0.1, 0.15) is 34.6 Å². The number of fused-ring (bicyclic) bond motifs is 6. The fourth-order valence-corrected chi connectivity index (χ4v) is 14.2. The van der Waals surface area contributed by atoms with Gasteiger partial charge in [-0.25, -0.2) is 8.78 Å². The van der Waals surface area contributed by atoms with E-state index in [4.69, 9.17) is 9.47 Å². The Morgan fingerprint density at radius 1 is 0.371 bits per heavy atom. The van der Waals surface area contributed by atoms with E-state index < -0.39 is 11.6 Å². The highest BCUT2D eigenvalue weighted by Crippen LogP contribution is 2.51. The van der Waals surface area contributed by atoms with Crippen LogP contribution in [0.4, 0.5) is 8.78 Å². The molecule has 0 spiro atoms. The molecule has 0 saturated heterocycles. The number of halogens is 2. The molecule has 0 aliphatic heterocycles. The number of aromatic nitrogens is 2. The van der Waals surface area contributed by atoms with Crippen LogP contribution in [0, 0.1) is 36.3 Å². The van der Waals surface area contributed by atoms with Crippen molar-refractivity contribution in [3.8, 4) is 56.6 Å². The Morgan fingerprint density at radius 2 is 0.708 bits per heavy atom. The minimum Gasteiger partial charge on any atom is -0.505 e. The van der Waals surface area contributed by atoms with Crippen LogP contribution in [-0.4, -0.2) is 32.6 Å². The van der Waals surface area contributed by atoms with E-state index in [9.17, 15) is 10.2 Å². The predicted molar refractivity (Wildman–Crippen MR) is 371 cm³/mol. The molecule has 8 heteroatoms. The third kappa shape index (κ3) is 12.8. The van der Waals surface area contributed by atoms with E-state index in [0.29, 0.717) is 62.7 Å². The summed E-state index contributed by atoms with van der Waals surface area (Å²) < 4.78 is 50.4. The smallest absolute Gasteiger partial charge is 0.147 e. The lowest BCUT2D eigenvalue weighted by Crippen LogP contribution is -2.25. The fourth-order valence-electron chi connectivity index (χ4n) is 14.2. The number of rotatable bonds is 14. The Bertz CT molecular complexity index is 4310. The molecule has 0 amide bonds. The van der Waals surface area contributed by atoms with Crippen molar-refractivity contribution in [2.24, 2.45) is 10.8 Å². The molecule has 0 aliphatic rings. The third-order valence-corrected chi connectivity index (χ3v) is 18.0. The number of hydrogen-bond donors (Lipinski definition) is 2. The molecule has 0 atom stereocenters. The third-order valence-electron chi connectivity index (χ3n) is 18.0. The molecule has 0 fully saturated rings. The molecule has 8 aromatic carbocycles. The molecule has 0 aliphatic carbocycles. The van der Waals surface area contributed by atoms with Gasteiger partial charge in [-0.3, -0.25) is 0 Å². The van der Waals surface area contributed by atoms with Gasteiger partial charge >= 0.3 is 0 Å². The zero-order valence-electron chi connectivity index (χ0n) is 57.0. The summed E-state index contributed by atoms with van der Waals surface area (Å²) in [5.74, 6) is 0.0518. The van der Waals surface area contributed by atoms with Crippen LogP contribution in [0.15, 0.2) is 127 Å². The number of hydrogen-bond acceptors (Lipinski definition) is 4. The molecule has 2 N–H and O–H groups in total. The van der Waals surface area contributed by atoms with Crippen molar-refractivity contribution in [3.05, 3.63) is 178 Å². The van der Waals surface area contributed by atoms with Gasteiger partial charge in [-0.15, -0.1) is 0 Å². The number of aromatic hydroxyl groups is 2. The van der Waals surface area contributed by atoms with E-state index in [1.54, 1.807) is 0 Å². The van der Waals surface area contributed by atoms with E-state index in [1.807, 2.05) is 38.1 Å². The summed E-state index contributed by atoms with van der Waals surface area (Å²) in [4.78, 5) is 0. The molecule has 0 saturated carbocycles. The van der Waals surface area contributed by atoms with Gasteiger partial charge in [0.2, 0.25) is 0 Å². The van der Waals surface area contributed by atoms with Crippen molar-refractivity contribution >= 4 is 43.6 Å². The standard InChI is InChI=1S/C81H96F2N2O4/c1-48-35-55(82)44-63(61-37-53(80(18,19)46-75(3,4)5)42-69(71(61)86)84-65-26-23-22-25-57(65)58-30-27-50(39-66(58)84)77(9,10)11)73(48)88-33-24-34-89-74-49(2)36-56(83)45-64(74)62-38-54(81(20,21)47-76(6,7)8)43-70(72(62)87)85-67-40-51(78(12,13)14)28-31-59(67)60-32-29-52(41-68(60)85)79(15,16)17/h22-23,25-32,35-45,86-87H,24,33-34,46-47H2,1-21H3. The molecular formula is C81H96F2N2O4. The maximum absolute atomic E-state index is 16.2. The summed E-state index contributed by atoms with van der Waals surface area (Å²) in [6, 6.07) is 42.5. The van der Waals surface area contributed by atoms with Crippen LogP contribution in [0.5, 0.6) is 23.0 Å². The van der Waals surface area contributed by atoms with Crippen LogP contribution in [0.1, 0.15) is 190 Å². The van der Waals surface area contributed by atoms with Crippen LogP contribution >= 0.6 is 0 Å². The predicted octanol–water partition coefficient (Wildman–Crippen LogP) is 22.7. The number of ether oxygens (including phenoxy) is 2. The summed E-state index contributed by atoms with van der Waals surface area (Å²) >= 11 is 0. The molecule has 2 heterocycles. The van der Waals surface area contributed by atoms with E-state index in [-0.39, 0.29) is 62.6 Å². The highest BCUT2D eigenvalue weighted by Gasteiger charge is 2.34. The molecule has 2 aromatic heterocycles. The number of aryl methyl sites for hydroxylation is 2. The zero-order chi connectivity index (χ0) is 65.0.